The lowest BCUT2D eigenvalue weighted by atomic mass is 9.92. The molecule has 0 aromatic carbocycles. The van der Waals surface area contributed by atoms with E-state index in [2.05, 4.69) is 18.5 Å². The number of hydrogen-bond donors (Lipinski definition) is 1. The molecule has 2 amide bonds. The number of nitrogens with zero attached hydrogens (tertiary/aromatic N) is 1. The number of carbonyl (C=O) groups excluding carboxylic acids is 2. The predicted molar refractivity (Wildman–Crippen MR) is 84.7 cm³/mol. The summed E-state index contributed by atoms with van der Waals surface area (Å²) >= 11 is 1.79. The first-order valence-corrected chi connectivity index (χ1v) is 8.72. The standard InChI is InChI=1S/C15H28N2O2S/c1-9(2)12-15(19)17(8-7-11(5)20-6)13(10(3)4)14(18)16-12/h9-13H,7-8H2,1-6H3,(H,16,18). The largest absolute Gasteiger partial charge is 0.342 e. The van der Waals surface area contributed by atoms with Crippen molar-refractivity contribution in [3.63, 3.8) is 0 Å². The van der Waals surface area contributed by atoms with Crippen molar-refractivity contribution < 1.29 is 9.59 Å². The van der Waals surface area contributed by atoms with Crippen LogP contribution in [-0.2, 0) is 9.59 Å². The third-order valence-corrected chi connectivity index (χ3v) is 4.97. The highest BCUT2D eigenvalue weighted by molar-refractivity contribution is 7.99. The van der Waals surface area contributed by atoms with E-state index in [0.29, 0.717) is 11.8 Å². The molecule has 0 saturated carbocycles. The average molecular weight is 300 g/mol. The van der Waals surface area contributed by atoms with E-state index < -0.39 is 0 Å². The first-order chi connectivity index (χ1) is 9.29. The van der Waals surface area contributed by atoms with Crippen LogP contribution in [0, 0.1) is 11.8 Å². The molecular formula is C15H28N2O2S. The third kappa shape index (κ3) is 3.90. The van der Waals surface area contributed by atoms with Crippen molar-refractivity contribution in [1.82, 2.24) is 10.2 Å². The molecule has 0 aromatic rings. The van der Waals surface area contributed by atoms with Gasteiger partial charge in [-0.3, -0.25) is 9.59 Å². The molecule has 1 heterocycles. The SMILES string of the molecule is CSC(C)CCN1C(=O)C(C(C)C)NC(=O)C1C(C)C. The smallest absolute Gasteiger partial charge is 0.246 e. The van der Waals surface area contributed by atoms with Gasteiger partial charge in [0.15, 0.2) is 0 Å². The van der Waals surface area contributed by atoms with Gasteiger partial charge in [0.05, 0.1) is 0 Å². The summed E-state index contributed by atoms with van der Waals surface area (Å²) in [7, 11) is 0. The maximum Gasteiger partial charge on any atom is 0.246 e. The second-order valence-corrected chi connectivity index (χ2v) is 7.56. The molecular weight excluding hydrogens is 272 g/mol. The topological polar surface area (TPSA) is 49.4 Å². The Morgan fingerprint density at radius 1 is 1.15 bits per heavy atom. The number of hydrogen-bond acceptors (Lipinski definition) is 3. The van der Waals surface area contributed by atoms with Gasteiger partial charge in [-0.15, -0.1) is 0 Å². The summed E-state index contributed by atoms with van der Waals surface area (Å²) in [6.45, 7) is 10.8. The van der Waals surface area contributed by atoms with Crippen molar-refractivity contribution in [2.24, 2.45) is 11.8 Å². The molecule has 1 aliphatic heterocycles. The first-order valence-electron chi connectivity index (χ1n) is 7.43. The van der Waals surface area contributed by atoms with E-state index in [1.807, 2.05) is 27.7 Å². The lowest BCUT2D eigenvalue weighted by molar-refractivity contribution is -0.152. The summed E-state index contributed by atoms with van der Waals surface area (Å²) in [4.78, 5) is 26.7. The average Bonchev–Trinajstić information content (AvgIpc) is 2.37. The molecule has 0 radical (unpaired) electrons. The van der Waals surface area contributed by atoms with Gasteiger partial charge in [0, 0.05) is 11.8 Å². The minimum Gasteiger partial charge on any atom is -0.342 e. The zero-order valence-electron chi connectivity index (χ0n) is 13.5. The number of thioether (sulfide) groups is 1. The molecule has 1 aliphatic rings. The molecule has 1 N–H and O–H groups in total. The zero-order chi connectivity index (χ0) is 15.4. The van der Waals surface area contributed by atoms with E-state index in [1.54, 1.807) is 16.7 Å². The van der Waals surface area contributed by atoms with Crippen LogP contribution in [0.1, 0.15) is 41.0 Å². The maximum absolute atomic E-state index is 12.6. The van der Waals surface area contributed by atoms with Crippen molar-refractivity contribution in [1.29, 1.82) is 0 Å². The fraction of sp³-hybridized carbons (Fsp3) is 0.867. The maximum atomic E-state index is 12.6. The third-order valence-electron chi connectivity index (χ3n) is 3.93. The van der Waals surface area contributed by atoms with E-state index >= 15 is 0 Å². The Hall–Kier alpha value is -0.710. The number of piperazine rings is 1. The Morgan fingerprint density at radius 3 is 2.20 bits per heavy atom. The van der Waals surface area contributed by atoms with E-state index in [1.165, 1.54) is 0 Å². The lowest BCUT2D eigenvalue weighted by Crippen LogP contribution is -2.66. The van der Waals surface area contributed by atoms with Gasteiger partial charge in [0.1, 0.15) is 12.1 Å². The zero-order valence-corrected chi connectivity index (χ0v) is 14.3. The molecule has 3 atom stereocenters. The fourth-order valence-electron chi connectivity index (χ4n) is 2.56. The first kappa shape index (κ1) is 17.3. The number of carbonyl (C=O) groups is 2. The summed E-state index contributed by atoms with van der Waals surface area (Å²) in [5.41, 5.74) is 0. The van der Waals surface area contributed by atoms with Crippen LogP contribution in [-0.4, -0.2) is 46.8 Å². The van der Waals surface area contributed by atoms with E-state index in [-0.39, 0.29) is 35.7 Å². The van der Waals surface area contributed by atoms with Gasteiger partial charge in [0.25, 0.3) is 0 Å². The molecule has 1 fully saturated rings. The molecule has 0 aromatic heterocycles. The lowest BCUT2D eigenvalue weighted by Gasteiger charge is -2.42. The molecule has 4 nitrogen and oxygen atoms in total. The van der Waals surface area contributed by atoms with Gasteiger partial charge in [-0.2, -0.15) is 11.8 Å². The van der Waals surface area contributed by atoms with Gasteiger partial charge >= 0.3 is 0 Å². The quantitative estimate of drug-likeness (QED) is 0.817. The Morgan fingerprint density at radius 2 is 1.75 bits per heavy atom. The summed E-state index contributed by atoms with van der Waals surface area (Å²) in [5.74, 6) is 0.332. The highest BCUT2D eigenvalue weighted by Crippen LogP contribution is 2.22. The summed E-state index contributed by atoms with van der Waals surface area (Å²) in [5, 5.41) is 3.39. The molecule has 116 valence electrons. The van der Waals surface area contributed by atoms with E-state index in [9.17, 15) is 9.59 Å². The Bertz CT molecular complexity index is 358. The van der Waals surface area contributed by atoms with Crippen molar-refractivity contribution in [2.45, 2.75) is 58.4 Å². The number of nitrogens with one attached hydrogen (secondary N) is 1. The van der Waals surface area contributed by atoms with E-state index in [4.69, 9.17) is 0 Å². The second-order valence-electron chi connectivity index (χ2n) is 6.29. The molecule has 1 rings (SSSR count). The van der Waals surface area contributed by atoms with Crippen LogP contribution in [0.25, 0.3) is 0 Å². The fourth-order valence-corrected chi connectivity index (χ4v) is 2.90. The van der Waals surface area contributed by atoms with Crippen LogP contribution in [0.15, 0.2) is 0 Å². The van der Waals surface area contributed by atoms with Gasteiger partial charge in [-0.1, -0.05) is 34.6 Å². The highest BCUT2D eigenvalue weighted by Gasteiger charge is 2.42. The van der Waals surface area contributed by atoms with Crippen LogP contribution in [0.2, 0.25) is 0 Å². The van der Waals surface area contributed by atoms with Crippen molar-refractivity contribution >= 4 is 23.6 Å². The predicted octanol–water partition coefficient (Wildman–Crippen LogP) is 2.14. The van der Waals surface area contributed by atoms with Gasteiger partial charge in [0.2, 0.25) is 11.8 Å². The molecule has 1 saturated heterocycles. The molecule has 5 heteroatoms. The van der Waals surface area contributed by atoms with E-state index in [0.717, 1.165) is 6.42 Å². The van der Waals surface area contributed by atoms with Crippen molar-refractivity contribution in [2.75, 3.05) is 12.8 Å². The number of amides is 2. The minimum absolute atomic E-state index is 0.00453. The summed E-state index contributed by atoms with van der Waals surface area (Å²) in [6, 6.07) is -0.700. The van der Waals surface area contributed by atoms with Crippen molar-refractivity contribution in [3.8, 4) is 0 Å². The van der Waals surface area contributed by atoms with Crippen LogP contribution in [0.5, 0.6) is 0 Å². The Kier molecular flexibility index (Phi) is 6.37. The van der Waals surface area contributed by atoms with Crippen LogP contribution in [0.4, 0.5) is 0 Å². The highest BCUT2D eigenvalue weighted by atomic mass is 32.2. The van der Waals surface area contributed by atoms with Crippen LogP contribution >= 0.6 is 11.8 Å². The van der Waals surface area contributed by atoms with Crippen LogP contribution < -0.4 is 5.32 Å². The second kappa shape index (κ2) is 7.34. The van der Waals surface area contributed by atoms with Crippen LogP contribution in [0.3, 0.4) is 0 Å². The van der Waals surface area contributed by atoms with Gasteiger partial charge in [-0.05, 0) is 24.5 Å². The van der Waals surface area contributed by atoms with Gasteiger partial charge in [-0.25, -0.2) is 0 Å². The number of rotatable bonds is 6. The van der Waals surface area contributed by atoms with Gasteiger partial charge < -0.3 is 10.2 Å². The molecule has 3 unspecified atom stereocenters. The Balaban J connectivity index is 2.90. The molecule has 0 aliphatic carbocycles. The summed E-state index contributed by atoms with van der Waals surface area (Å²) < 4.78 is 0. The molecule has 0 spiro atoms. The normalized spacial score (nSPS) is 25.3. The summed E-state index contributed by atoms with van der Waals surface area (Å²) in [6.07, 6.45) is 3.00. The minimum atomic E-state index is -0.373. The van der Waals surface area contributed by atoms with Crippen molar-refractivity contribution in [3.05, 3.63) is 0 Å². The Labute approximate surface area is 127 Å². The molecule has 0 bridgehead atoms. The molecule has 20 heavy (non-hydrogen) atoms. The monoisotopic (exact) mass is 300 g/mol.